The Balaban J connectivity index is 2.15. The lowest BCUT2D eigenvalue weighted by Crippen LogP contribution is -2.12. The Morgan fingerprint density at radius 1 is 1.55 bits per heavy atom. The van der Waals surface area contributed by atoms with Gasteiger partial charge in [-0.3, -0.25) is 0 Å². The first kappa shape index (κ1) is 6.79. The van der Waals surface area contributed by atoms with Crippen molar-refractivity contribution in [1.82, 2.24) is 15.5 Å². The van der Waals surface area contributed by atoms with Crippen LogP contribution in [-0.4, -0.2) is 16.7 Å². The normalized spacial score (nSPS) is 24.3. The largest absolute Gasteiger partial charge is 0.424 e. The molecule has 4 heteroatoms. The molecular weight excluding hydrogens is 142 g/mol. The summed E-state index contributed by atoms with van der Waals surface area (Å²) in [5.41, 5.74) is 0. The summed E-state index contributed by atoms with van der Waals surface area (Å²) in [5, 5.41) is 11.0. The minimum Gasteiger partial charge on any atom is -0.424 e. The van der Waals surface area contributed by atoms with Crippen molar-refractivity contribution in [3.05, 3.63) is 11.8 Å². The predicted octanol–water partition coefficient (Wildman–Crippen LogP) is 0.803. The number of nitrogens with zero attached hydrogens (tertiary/aromatic N) is 2. The predicted molar refractivity (Wildman–Crippen MR) is 39.0 cm³/mol. The fourth-order valence-corrected chi connectivity index (χ4v) is 1.35. The SMILES string of the molecule is Cc1nnc([C@H]2CCCN2)o1. The van der Waals surface area contributed by atoms with Crippen molar-refractivity contribution in [2.45, 2.75) is 25.8 Å². The summed E-state index contributed by atoms with van der Waals surface area (Å²) in [4.78, 5) is 0. The summed E-state index contributed by atoms with van der Waals surface area (Å²) in [6.45, 7) is 2.87. The van der Waals surface area contributed by atoms with Crippen LogP contribution in [0, 0.1) is 6.92 Å². The number of aryl methyl sites for hydroxylation is 1. The molecule has 4 nitrogen and oxygen atoms in total. The number of rotatable bonds is 1. The summed E-state index contributed by atoms with van der Waals surface area (Å²) >= 11 is 0. The van der Waals surface area contributed by atoms with Gasteiger partial charge in [0, 0.05) is 6.92 Å². The summed E-state index contributed by atoms with van der Waals surface area (Å²) in [7, 11) is 0. The lowest BCUT2D eigenvalue weighted by Gasteiger charge is -2.01. The Morgan fingerprint density at radius 2 is 2.45 bits per heavy atom. The van der Waals surface area contributed by atoms with E-state index in [0.717, 1.165) is 18.9 Å². The molecule has 60 valence electrons. The molecule has 2 rings (SSSR count). The Labute approximate surface area is 65.0 Å². The van der Waals surface area contributed by atoms with Gasteiger partial charge in [0.2, 0.25) is 11.8 Å². The van der Waals surface area contributed by atoms with E-state index < -0.39 is 0 Å². The van der Waals surface area contributed by atoms with Crippen LogP contribution in [0.5, 0.6) is 0 Å². The molecule has 0 aliphatic carbocycles. The van der Waals surface area contributed by atoms with E-state index in [4.69, 9.17) is 4.42 Å². The highest BCUT2D eigenvalue weighted by atomic mass is 16.4. The quantitative estimate of drug-likeness (QED) is 0.648. The zero-order valence-corrected chi connectivity index (χ0v) is 6.50. The van der Waals surface area contributed by atoms with Gasteiger partial charge in [-0.15, -0.1) is 10.2 Å². The molecule has 1 aliphatic rings. The zero-order valence-electron chi connectivity index (χ0n) is 6.50. The molecule has 1 fully saturated rings. The Bertz CT molecular complexity index is 240. The van der Waals surface area contributed by atoms with Crippen LogP contribution < -0.4 is 5.32 Å². The highest BCUT2D eigenvalue weighted by molar-refractivity contribution is 4.91. The molecule has 1 aromatic heterocycles. The van der Waals surface area contributed by atoms with Gasteiger partial charge in [0.25, 0.3) is 0 Å². The molecule has 0 bridgehead atoms. The van der Waals surface area contributed by atoms with Crippen molar-refractivity contribution in [3.63, 3.8) is 0 Å². The van der Waals surface area contributed by atoms with Gasteiger partial charge in [-0.25, -0.2) is 0 Å². The molecule has 1 saturated heterocycles. The molecule has 1 N–H and O–H groups in total. The summed E-state index contributed by atoms with van der Waals surface area (Å²) in [6, 6.07) is 0.302. The van der Waals surface area contributed by atoms with Crippen LogP contribution in [0.25, 0.3) is 0 Å². The number of aromatic nitrogens is 2. The third kappa shape index (κ3) is 1.26. The average Bonchev–Trinajstić information content (AvgIpc) is 2.55. The van der Waals surface area contributed by atoms with Gasteiger partial charge >= 0.3 is 0 Å². The lowest BCUT2D eigenvalue weighted by molar-refractivity contribution is 0.413. The monoisotopic (exact) mass is 153 g/mol. The van der Waals surface area contributed by atoms with E-state index in [2.05, 4.69) is 15.5 Å². The fraction of sp³-hybridized carbons (Fsp3) is 0.714. The molecule has 1 aromatic rings. The van der Waals surface area contributed by atoms with E-state index in [1.165, 1.54) is 6.42 Å². The smallest absolute Gasteiger partial charge is 0.233 e. The van der Waals surface area contributed by atoms with Crippen LogP contribution in [0.1, 0.15) is 30.7 Å². The molecule has 0 unspecified atom stereocenters. The molecular formula is C7H11N3O. The van der Waals surface area contributed by atoms with Gasteiger partial charge in [0.05, 0.1) is 6.04 Å². The van der Waals surface area contributed by atoms with Crippen LogP contribution >= 0.6 is 0 Å². The second-order valence-corrected chi connectivity index (χ2v) is 2.81. The van der Waals surface area contributed by atoms with E-state index in [-0.39, 0.29) is 0 Å². The molecule has 0 aromatic carbocycles. The maximum atomic E-state index is 5.28. The minimum atomic E-state index is 0.302. The number of nitrogens with one attached hydrogen (secondary N) is 1. The van der Waals surface area contributed by atoms with E-state index in [9.17, 15) is 0 Å². The van der Waals surface area contributed by atoms with E-state index >= 15 is 0 Å². The number of hydrogen-bond donors (Lipinski definition) is 1. The van der Waals surface area contributed by atoms with Gasteiger partial charge < -0.3 is 9.73 Å². The van der Waals surface area contributed by atoms with Crippen molar-refractivity contribution < 1.29 is 4.42 Å². The standard InChI is InChI=1S/C7H11N3O/c1-5-9-10-7(11-5)6-3-2-4-8-6/h6,8H,2-4H2,1H3/t6-/m1/s1. The maximum absolute atomic E-state index is 5.28. The van der Waals surface area contributed by atoms with Crippen LogP contribution in [0.3, 0.4) is 0 Å². The van der Waals surface area contributed by atoms with Gasteiger partial charge in [-0.1, -0.05) is 0 Å². The maximum Gasteiger partial charge on any atom is 0.233 e. The van der Waals surface area contributed by atoms with Crippen LogP contribution in [0.15, 0.2) is 4.42 Å². The third-order valence-electron chi connectivity index (χ3n) is 1.90. The first-order valence-electron chi connectivity index (χ1n) is 3.89. The van der Waals surface area contributed by atoms with Crippen molar-refractivity contribution in [1.29, 1.82) is 0 Å². The molecule has 0 amide bonds. The molecule has 0 spiro atoms. The number of hydrogen-bond acceptors (Lipinski definition) is 4. The first-order chi connectivity index (χ1) is 5.36. The van der Waals surface area contributed by atoms with Crippen molar-refractivity contribution in [2.75, 3.05) is 6.54 Å². The highest BCUT2D eigenvalue weighted by Gasteiger charge is 2.20. The summed E-state index contributed by atoms with van der Waals surface area (Å²) < 4.78 is 5.28. The molecule has 1 aliphatic heterocycles. The van der Waals surface area contributed by atoms with Crippen molar-refractivity contribution in [2.24, 2.45) is 0 Å². The summed E-state index contributed by atoms with van der Waals surface area (Å²) in [6.07, 6.45) is 2.31. The molecule has 0 radical (unpaired) electrons. The van der Waals surface area contributed by atoms with E-state index in [0.29, 0.717) is 11.9 Å². The van der Waals surface area contributed by atoms with E-state index in [1.54, 1.807) is 0 Å². The fourth-order valence-electron chi connectivity index (χ4n) is 1.35. The molecule has 11 heavy (non-hydrogen) atoms. The third-order valence-corrected chi connectivity index (χ3v) is 1.90. The second-order valence-electron chi connectivity index (χ2n) is 2.81. The van der Waals surface area contributed by atoms with Gasteiger partial charge in [0.15, 0.2) is 0 Å². The first-order valence-corrected chi connectivity index (χ1v) is 3.89. The topological polar surface area (TPSA) is 51.0 Å². The van der Waals surface area contributed by atoms with Crippen molar-refractivity contribution >= 4 is 0 Å². The highest BCUT2D eigenvalue weighted by Crippen LogP contribution is 2.20. The Hall–Kier alpha value is -0.900. The van der Waals surface area contributed by atoms with Crippen molar-refractivity contribution in [3.8, 4) is 0 Å². The van der Waals surface area contributed by atoms with Gasteiger partial charge in [0.1, 0.15) is 0 Å². The molecule has 0 saturated carbocycles. The van der Waals surface area contributed by atoms with E-state index in [1.807, 2.05) is 6.92 Å². The molecule has 1 atom stereocenters. The average molecular weight is 153 g/mol. The van der Waals surface area contributed by atoms with Gasteiger partial charge in [-0.05, 0) is 19.4 Å². The Kier molecular flexibility index (Phi) is 1.62. The second kappa shape index (κ2) is 2.62. The Morgan fingerprint density at radius 3 is 3.00 bits per heavy atom. The van der Waals surface area contributed by atoms with Crippen LogP contribution in [-0.2, 0) is 0 Å². The summed E-state index contributed by atoms with van der Waals surface area (Å²) in [5.74, 6) is 1.38. The minimum absolute atomic E-state index is 0.302. The van der Waals surface area contributed by atoms with Crippen LogP contribution in [0.4, 0.5) is 0 Å². The lowest BCUT2D eigenvalue weighted by atomic mass is 10.2. The zero-order chi connectivity index (χ0) is 7.68. The molecule has 2 heterocycles. The van der Waals surface area contributed by atoms with Gasteiger partial charge in [-0.2, -0.15) is 0 Å². The van der Waals surface area contributed by atoms with Crippen LogP contribution in [0.2, 0.25) is 0 Å².